The predicted molar refractivity (Wildman–Crippen MR) is 79.6 cm³/mol. The van der Waals surface area contributed by atoms with Gasteiger partial charge in [0.15, 0.2) is 0 Å². The zero-order valence-electron chi connectivity index (χ0n) is 11.7. The van der Waals surface area contributed by atoms with E-state index in [1.54, 1.807) is 18.4 Å². The number of nitrogens with zero attached hydrogens (tertiary/aromatic N) is 2. The highest BCUT2D eigenvalue weighted by Crippen LogP contribution is 2.21. The maximum atomic E-state index is 12.3. The first-order valence-corrected chi connectivity index (χ1v) is 8.08. The molecule has 0 radical (unpaired) electrons. The molecule has 0 saturated carbocycles. The van der Waals surface area contributed by atoms with Crippen LogP contribution in [-0.4, -0.2) is 38.9 Å². The molecule has 2 heterocycles. The van der Waals surface area contributed by atoms with Crippen LogP contribution in [0.5, 0.6) is 0 Å². The Bertz CT molecular complexity index is 686. The molecule has 114 valence electrons. The quantitative estimate of drug-likeness (QED) is 0.819. The third-order valence-corrected chi connectivity index (χ3v) is 4.84. The molecular formula is C13H16ClN3O3S. The van der Waals surface area contributed by atoms with Crippen molar-refractivity contribution in [2.24, 2.45) is 0 Å². The molecular weight excluding hydrogens is 314 g/mol. The molecule has 1 atom stereocenters. The van der Waals surface area contributed by atoms with Gasteiger partial charge < -0.3 is 4.42 Å². The molecule has 0 bridgehead atoms. The van der Waals surface area contributed by atoms with Crippen molar-refractivity contribution in [2.75, 3.05) is 20.6 Å². The van der Waals surface area contributed by atoms with Gasteiger partial charge in [-0.15, -0.1) is 0 Å². The lowest BCUT2D eigenvalue weighted by Gasteiger charge is -2.22. The zero-order chi connectivity index (χ0) is 15.5. The minimum atomic E-state index is -3.72. The van der Waals surface area contributed by atoms with Crippen LogP contribution in [-0.2, 0) is 10.0 Å². The highest BCUT2D eigenvalue weighted by atomic mass is 35.5. The smallest absolute Gasteiger partial charge is 0.243 e. The molecule has 1 unspecified atom stereocenters. The van der Waals surface area contributed by atoms with Gasteiger partial charge >= 0.3 is 0 Å². The van der Waals surface area contributed by atoms with E-state index in [4.69, 9.17) is 16.0 Å². The molecule has 0 saturated heterocycles. The van der Waals surface area contributed by atoms with Gasteiger partial charge in [0.25, 0.3) is 0 Å². The summed E-state index contributed by atoms with van der Waals surface area (Å²) in [4.78, 5) is 5.60. The number of hydrogen-bond acceptors (Lipinski definition) is 5. The summed E-state index contributed by atoms with van der Waals surface area (Å²) in [5.41, 5.74) is 0. The molecule has 2 rings (SSSR count). The Balaban J connectivity index is 2.16. The van der Waals surface area contributed by atoms with Gasteiger partial charge in [-0.25, -0.2) is 18.1 Å². The van der Waals surface area contributed by atoms with Crippen LogP contribution in [0.1, 0.15) is 11.8 Å². The normalized spacial score (nSPS) is 13.5. The van der Waals surface area contributed by atoms with E-state index in [0.717, 1.165) is 0 Å². The van der Waals surface area contributed by atoms with Crippen LogP contribution in [0.2, 0.25) is 5.15 Å². The SMILES string of the molecule is CN(C)C(CNS(=O)(=O)c1cccnc1Cl)c1ccco1. The van der Waals surface area contributed by atoms with Gasteiger partial charge in [-0.05, 0) is 38.4 Å². The van der Waals surface area contributed by atoms with Crippen molar-refractivity contribution in [1.82, 2.24) is 14.6 Å². The summed E-state index contributed by atoms with van der Waals surface area (Å²) >= 11 is 5.83. The Labute approximate surface area is 128 Å². The molecule has 0 aliphatic carbocycles. The minimum Gasteiger partial charge on any atom is -0.468 e. The number of furan rings is 1. The van der Waals surface area contributed by atoms with Gasteiger partial charge in [0.05, 0.1) is 12.3 Å². The average Bonchev–Trinajstić information content (AvgIpc) is 2.92. The van der Waals surface area contributed by atoms with Crippen LogP contribution in [0.15, 0.2) is 46.0 Å². The number of likely N-dealkylation sites (N-methyl/N-ethyl adjacent to an activating group) is 1. The molecule has 0 aromatic carbocycles. The highest BCUT2D eigenvalue weighted by molar-refractivity contribution is 7.89. The largest absolute Gasteiger partial charge is 0.468 e. The first kappa shape index (κ1) is 16.0. The van der Waals surface area contributed by atoms with Crippen molar-refractivity contribution in [2.45, 2.75) is 10.9 Å². The molecule has 0 fully saturated rings. The lowest BCUT2D eigenvalue weighted by atomic mass is 10.2. The van der Waals surface area contributed by atoms with E-state index in [1.807, 2.05) is 19.0 Å². The minimum absolute atomic E-state index is 0.0383. The molecule has 8 heteroatoms. The fourth-order valence-electron chi connectivity index (χ4n) is 1.86. The summed E-state index contributed by atoms with van der Waals surface area (Å²) in [6.45, 7) is 0.161. The molecule has 6 nitrogen and oxygen atoms in total. The number of hydrogen-bond donors (Lipinski definition) is 1. The van der Waals surface area contributed by atoms with Gasteiger partial charge in [-0.3, -0.25) is 4.90 Å². The van der Waals surface area contributed by atoms with E-state index in [1.165, 1.54) is 18.3 Å². The Morgan fingerprint density at radius 3 is 2.71 bits per heavy atom. The number of sulfonamides is 1. The van der Waals surface area contributed by atoms with Gasteiger partial charge in [0.1, 0.15) is 15.8 Å². The molecule has 0 amide bonds. The number of nitrogens with one attached hydrogen (secondary N) is 1. The summed E-state index contributed by atoms with van der Waals surface area (Å²) in [5, 5.41) is -0.0515. The second-order valence-electron chi connectivity index (χ2n) is 4.64. The van der Waals surface area contributed by atoms with E-state index < -0.39 is 10.0 Å². The van der Waals surface area contributed by atoms with Crippen molar-refractivity contribution in [3.63, 3.8) is 0 Å². The van der Waals surface area contributed by atoms with Crippen molar-refractivity contribution in [3.05, 3.63) is 47.6 Å². The molecule has 0 aliphatic rings. The zero-order valence-corrected chi connectivity index (χ0v) is 13.2. The summed E-state index contributed by atoms with van der Waals surface area (Å²) in [7, 11) is -0.0318. The Kier molecular flexibility index (Phi) is 5.00. The summed E-state index contributed by atoms with van der Waals surface area (Å²) in [6.07, 6.45) is 2.99. The molecule has 2 aromatic heterocycles. The Morgan fingerprint density at radius 2 is 2.14 bits per heavy atom. The lowest BCUT2D eigenvalue weighted by molar-refractivity contribution is 0.259. The maximum Gasteiger partial charge on any atom is 0.243 e. The average molecular weight is 330 g/mol. The van der Waals surface area contributed by atoms with E-state index in [-0.39, 0.29) is 22.6 Å². The van der Waals surface area contributed by atoms with E-state index >= 15 is 0 Å². The molecule has 0 spiro atoms. The van der Waals surface area contributed by atoms with Crippen LogP contribution < -0.4 is 4.72 Å². The van der Waals surface area contributed by atoms with E-state index in [9.17, 15) is 8.42 Å². The standard InChI is InChI=1S/C13H16ClN3O3S/c1-17(2)10(11-5-4-8-20-11)9-16-21(18,19)12-6-3-7-15-13(12)14/h3-8,10,16H,9H2,1-2H3. The molecule has 21 heavy (non-hydrogen) atoms. The first-order chi connectivity index (χ1) is 9.92. The third kappa shape index (κ3) is 3.82. The second-order valence-corrected chi connectivity index (χ2v) is 6.73. The van der Waals surface area contributed by atoms with Crippen molar-refractivity contribution < 1.29 is 12.8 Å². The second kappa shape index (κ2) is 6.57. The van der Waals surface area contributed by atoms with Crippen molar-refractivity contribution >= 4 is 21.6 Å². The molecule has 0 aliphatic heterocycles. The summed E-state index contributed by atoms with van der Waals surface area (Å²) in [5.74, 6) is 0.681. The number of pyridine rings is 1. The summed E-state index contributed by atoms with van der Waals surface area (Å²) in [6, 6.07) is 6.28. The van der Waals surface area contributed by atoms with Crippen molar-refractivity contribution in [3.8, 4) is 0 Å². The van der Waals surface area contributed by atoms with Crippen LogP contribution in [0, 0.1) is 0 Å². The number of halogens is 1. The Morgan fingerprint density at radius 1 is 1.38 bits per heavy atom. The van der Waals surface area contributed by atoms with Crippen molar-refractivity contribution in [1.29, 1.82) is 0 Å². The lowest BCUT2D eigenvalue weighted by Crippen LogP contribution is -2.34. The van der Waals surface area contributed by atoms with E-state index in [0.29, 0.717) is 5.76 Å². The first-order valence-electron chi connectivity index (χ1n) is 6.22. The van der Waals surface area contributed by atoms with Gasteiger partial charge in [-0.2, -0.15) is 0 Å². The van der Waals surface area contributed by atoms with Crippen LogP contribution in [0.4, 0.5) is 0 Å². The van der Waals surface area contributed by atoms with Crippen LogP contribution >= 0.6 is 11.6 Å². The predicted octanol–water partition coefficient (Wildman–Crippen LogP) is 1.91. The molecule has 1 N–H and O–H groups in total. The number of rotatable bonds is 6. The van der Waals surface area contributed by atoms with Crippen LogP contribution in [0.25, 0.3) is 0 Å². The third-order valence-electron chi connectivity index (χ3n) is 2.98. The maximum absolute atomic E-state index is 12.3. The number of aromatic nitrogens is 1. The van der Waals surface area contributed by atoms with Gasteiger partial charge in [0, 0.05) is 12.7 Å². The highest BCUT2D eigenvalue weighted by Gasteiger charge is 2.23. The fourth-order valence-corrected chi connectivity index (χ4v) is 3.35. The Hall–Kier alpha value is -1.41. The summed E-state index contributed by atoms with van der Waals surface area (Å²) < 4.78 is 32.4. The molecule has 2 aromatic rings. The van der Waals surface area contributed by atoms with E-state index in [2.05, 4.69) is 9.71 Å². The topological polar surface area (TPSA) is 75.4 Å². The fraction of sp³-hybridized carbons (Fsp3) is 0.308. The monoisotopic (exact) mass is 329 g/mol. The van der Waals surface area contributed by atoms with Crippen LogP contribution in [0.3, 0.4) is 0 Å². The van der Waals surface area contributed by atoms with Gasteiger partial charge in [0.2, 0.25) is 10.0 Å². The van der Waals surface area contributed by atoms with Gasteiger partial charge in [-0.1, -0.05) is 11.6 Å².